The van der Waals surface area contributed by atoms with Gasteiger partial charge in [0.15, 0.2) is 13.9 Å². The first kappa shape index (κ1) is 33.3. The Bertz CT molecular complexity index is 2060. The Morgan fingerprint density at radius 1 is 1.02 bits per heavy atom. The summed E-state index contributed by atoms with van der Waals surface area (Å²) in [7, 11) is -2.98. The number of halogens is 1. The molecule has 4 aliphatic heterocycles. The maximum Gasteiger partial charge on any atom is 0.264 e. The number of hydrogen-bond donors (Lipinski definition) is 2. The standard InChI is InChI=1S/C39H40BrN3O6Si/c1-23-36(50(2,3)48)33(20-34(45)41-17-7-12-28(41)22-44)49-39(23)30-19-26(40)15-16-31(30)42(38(39)47)21-24-8-4-11-27(18-24)43-32-14-6-10-25-9-5-13-29(35(25)32)37(43)46/h4-6,8-11,13-16,18-19,23,28,33,36,44,48H,7,12,17,20-22H2,1-3H3/t23-,28+,33+,36-,39+/m1/s1. The molecule has 0 radical (unpaired) electrons. The summed E-state index contributed by atoms with van der Waals surface area (Å²) >= 11 is 3.62. The van der Waals surface area contributed by atoms with Crippen LogP contribution in [0.2, 0.25) is 18.6 Å². The van der Waals surface area contributed by atoms with Crippen LogP contribution in [0.15, 0.2) is 83.3 Å². The van der Waals surface area contributed by atoms with E-state index in [0.717, 1.165) is 39.3 Å². The normalized spacial score (nSPS) is 25.8. The molecule has 4 aromatic rings. The molecule has 2 fully saturated rings. The molecule has 50 heavy (non-hydrogen) atoms. The predicted octanol–water partition coefficient (Wildman–Crippen LogP) is 6.61. The van der Waals surface area contributed by atoms with Gasteiger partial charge in [0.05, 0.1) is 48.7 Å². The Morgan fingerprint density at radius 2 is 1.78 bits per heavy atom. The minimum Gasteiger partial charge on any atom is -0.432 e. The van der Waals surface area contributed by atoms with Crippen LogP contribution in [-0.2, 0) is 26.5 Å². The number of fused-ring (bicyclic) bond motifs is 2. The van der Waals surface area contributed by atoms with E-state index in [1.54, 1.807) is 14.7 Å². The van der Waals surface area contributed by atoms with Crippen molar-refractivity contribution in [2.45, 2.75) is 69.1 Å². The second-order valence-corrected chi connectivity index (χ2v) is 19.6. The third-order valence-electron chi connectivity index (χ3n) is 11.3. The second kappa shape index (κ2) is 12.1. The molecular formula is C39H40BrN3O6Si. The van der Waals surface area contributed by atoms with Gasteiger partial charge in [-0.2, -0.15) is 0 Å². The maximum atomic E-state index is 15.0. The number of likely N-dealkylation sites (tertiary alicyclic amines) is 1. The summed E-state index contributed by atoms with van der Waals surface area (Å²) in [6.07, 6.45) is 0.940. The lowest BCUT2D eigenvalue weighted by Crippen LogP contribution is -2.46. The summed E-state index contributed by atoms with van der Waals surface area (Å²) in [5, 5.41) is 11.8. The van der Waals surface area contributed by atoms with Crippen LogP contribution in [0.5, 0.6) is 0 Å². The largest absolute Gasteiger partial charge is 0.432 e. The fraction of sp³-hybridized carbons (Fsp3) is 0.359. The van der Waals surface area contributed by atoms with Gasteiger partial charge in [0.2, 0.25) is 5.91 Å². The Morgan fingerprint density at radius 3 is 2.54 bits per heavy atom. The highest BCUT2D eigenvalue weighted by Crippen LogP contribution is 2.60. The Balaban J connectivity index is 1.14. The van der Waals surface area contributed by atoms with Crippen molar-refractivity contribution in [2.75, 3.05) is 23.0 Å². The molecule has 0 aromatic heterocycles. The molecule has 4 aliphatic rings. The van der Waals surface area contributed by atoms with Crippen LogP contribution in [0.1, 0.15) is 47.7 Å². The van der Waals surface area contributed by atoms with E-state index in [9.17, 15) is 24.3 Å². The molecule has 0 aliphatic carbocycles. The summed E-state index contributed by atoms with van der Waals surface area (Å²) in [5.74, 6) is -0.861. The highest BCUT2D eigenvalue weighted by Gasteiger charge is 2.66. The number of benzene rings is 4. The summed E-state index contributed by atoms with van der Waals surface area (Å²) in [6, 6.07) is 25.0. The molecule has 4 heterocycles. The fourth-order valence-corrected chi connectivity index (χ4v) is 12.1. The van der Waals surface area contributed by atoms with Gasteiger partial charge in [-0.15, -0.1) is 0 Å². The first-order chi connectivity index (χ1) is 23.9. The van der Waals surface area contributed by atoms with Crippen LogP contribution < -0.4 is 9.80 Å². The molecule has 9 nitrogen and oxygen atoms in total. The number of aliphatic hydroxyl groups excluding tert-OH is 1. The lowest BCUT2D eigenvalue weighted by molar-refractivity contribution is -0.150. The lowest BCUT2D eigenvalue weighted by Gasteiger charge is -2.33. The molecule has 8 rings (SSSR count). The van der Waals surface area contributed by atoms with Gasteiger partial charge in [0.25, 0.3) is 11.8 Å². The molecular weight excluding hydrogens is 714 g/mol. The molecule has 2 N–H and O–H groups in total. The van der Waals surface area contributed by atoms with Crippen LogP contribution in [0, 0.1) is 5.92 Å². The number of aliphatic hydroxyl groups is 1. The summed E-state index contributed by atoms with van der Waals surface area (Å²) in [6.45, 7) is 6.39. The molecule has 1 spiro atoms. The zero-order chi connectivity index (χ0) is 35.1. The van der Waals surface area contributed by atoms with Crippen molar-refractivity contribution in [3.05, 3.63) is 100 Å². The number of rotatable bonds is 7. The second-order valence-electron chi connectivity index (χ2n) is 14.7. The third kappa shape index (κ3) is 5.00. The van der Waals surface area contributed by atoms with Crippen molar-refractivity contribution in [3.8, 4) is 0 Å². The quantitative estimate of drug-likeness (QED) is 0.206. The topological polar surface area (TPSA) is 111 Å². The van der Waals surface area contributed by atoms with Crippen LogP contribution >= 0.6 is 15.9 Å². The monoisotopic (exact) mass is 753 g/mol. The number of amides is 3. The number of nitrogens with zero attached hydrogens (tertiary/aromatic N) is 3. The van der Waals surface area contributed by atoms with E-state index in [4.69, 9.17) is 4.74 Å². The van der Waals surface area contributed by atoms with Gasteiger partial charge in [-0.05, 0) is 79.3 Å². The first-order valence-electron chi connectivity index (χ1n) is 17.3. The zero-order valence-electron chi connectivity index (χ0n) is 28.3. The SMILES string of the molecule is C[C@@H]1[C@@H]([Si](C)(C)O)[C@H](CC(=O)N2CCC[C@H]2CO)O[C@@]12C(=O)N(Cc1cccc(N3C(=O)c4cccc5cccc3c45)c1)c1ccc(Br)cc12. The molecule has 11 heteroatoms. The minimum atomic E-state index is -2.98. The average Bonchev–Trinajstić information content (AvgIpc) is 3.81. The van der Waals surface area contributed by atoms with E-state index in [1.165, 1.54) is 0 Å². The van der Waals surface area contributed by atoms with Crippen molar-refractivity contribution < 1.29 is 29.0 Å². The average molecular weight is 755 g/mol. The van der Waals surface area contributed by atoms with Gasteiger partial charge in [0.1, 0.15) is 0 Å². The van der Waals surface area contributed by atoms with Crippen LogP contribution in [-0.4, -0.2) is 66.1 Å². The zero-order valence-corrected chi connectivity index (χ0v) is 30.9. The number of carbonyl (C=O) groups excluding carboxylic acids is 3. The molecule has 4 aromatic carbocycles. The van der Waals surface area contributed by atoms with Gasteiger partial charge in [-0.25, -0.2) is 0 Å². The highest BCUT2D eigenvalue weighted by atomic mass is 79.9. The molecule has 0 saturated carbocycles. The van der Waals surface area contributed by atoms with Crippen molar-refractivity contribution in [3.63, 3.8) is 0 Å². The highest BCUT2D eigenvalue weighted by molar-refractivity contribution is 9.10. The number of ether oxygens (including phenoxy) is 1. The maximum absolute atomic E-state index is 15.0. The Labute approximate surface area is 300 Å². The van der Waals surface area contributed by atoms with Gasteiger partial charge in [-0.3, -0.25) is 19.3 Å². The Kier molecular flexibility index (Phi) is 8.07. The fourth-order valence-electron chi connectivity index (χ4n) is 9.20. The van der Waals surface area contributed by atoms with Crippen LogP contribution in [0.4, 0.5) is 17.1 Å². The summed E-state index contributed by atoms with van der Waals surface area (Å²) in [4.78, 5) is 59.2. The van der Waals surface area contributed by atoms with Crippen molar-refractivity contribution in [1.82, 2.24) is 4.90 Å². The molecule has 258 valence electrons. The molecule has 2 saturated heterocycles. The smallest absolute Gasteiger partial charge is 0.264 e. The summed E-state index contributed by atoms with van der Waals surface area (Å²) in [5.41, 5.74) is 2.69. The summed E-state index contributed by atoms with van der Waals surface area (Å²) < 4.78 is 7.70. The van der Waals surface area contributed by atoms with E-state index >= 15 is 0 Å². The molecule has 3 amide bonds. The van der Waals surface area contributed by atoms with Crippen molar-refractivity contribution in [1.29, 1.82) is 0 Å². The van der Waals surface area contributed by atoms with E-state index in [2.05, 4.69) is 15.9 Å². The Hall–Kier alpha value is -3.87. The van der Waals surface area contributed by atoms with Crippen LogP contribution in [0.25, 0.3) is 10.8 Å². The number of hydrogen-bond acceptors (Lipinski definition) is 6. The van der Waals surface area contributed by atoms with E-state index in [1.807, 2.05) is 98.9 Å². The van der Waals surface area contributed by atoms with Crippen molar-refractivity contribution >= 4 is 69.8 Å². The van der Waals surface area contributed by atoms with Gasteiger partial charge in [0, 0.05) is 39.1 Å². The molecule has 5 atom stereocenters. The molecule has 0 bridgehead atoms. The molecule has 0 unspecified atom stereocenters. The number of carbonyl (C=O) groups is 3. The van der Waals surface area contributed by atoms with E-state index in [-0.39, 0.29) is 43.3 Å². The first-order valence-corrected chi connectivity index (χ1v) is 21.1. The van der Waals surface area contributed by atoms with Crippen molar-refractivity contribution in [2.24, 2.45) is 5.92 Å². The predicted molar refractivity (Wildman–Crippen MR) is 198 cm³/mol. The lowest BCUT2D eigenvalue weighted by atomic mass is 9.82. The minimum absolute atomic E-state index is 0.0297. The van der Waals surface area contributed by atoms with Gasteiger partial charge in [-0.1, -0.05) is 59.3 Å². The van der Waals surface area contributed by atoms with E-state index < -0.39 is 31.5 Å². The number of anilines is 3. The van der Waals surface area contributed by atoms with Crippen LogP contribution in [0.3, 0.4) is 0 Å². The van der Waals surface area contributed by atoms with Gasteiger partial charge < -0.3 is 24.4 Å². The third-order valence-corrected chi connectivity index (χ3v) is 14.3. The van der Waals surface area contributed by atoms with E-state index in [0.29, 0.717) is 29.0 Å². The van der Waals surface area contributed by atoms with Gasteiger partial charge >= 0.3 is 0 Å².